The van der Waals surface area contributed by atoms with E-state index in [1.165, 1.54) is 0 Å². The molecule has 6 rings (SSSR count). The van der Waals surface area contributed by atoms with Crippen LogP contribution < -0.4 is 15.8 Å². The van der Waals surface area contributed by atoms with Gasteiger partial charge >= 0.3 is 5.97 Å². The molecule has 1 aliphatic heterocycles. The molecule has 0 spiro atoms. The van der Waals surface area contributed by atoms with Crippen molar-refractivity contribution >= 4 is 43.5 Å². The Morgan fingerprint density at radius 3 is 2.62 bits per heavy atom. The third-order valence-electron chi connectivity index (χ3n) is 8.15. The van der Waals surface area contributed by atoms with Gasteiger partial charge in [-0.3, -0.25) is 4.72 Å². The highest BCUT2D eigenvalue weighted by Crippen LogP contribution is 2.29. The average molecular weight is 628 g/mol. The van der Waals surface area contributed by atoms with Crippen LogP contribution in [-0.4, -0.2) is 56.3 Å². The summed E-state index contributed by atoms with van der Waals surface area (Å²) in [6.45, 7) is 6.37. The number of morpholine rings is 1. The van der Waals surface area contributed by atoms with Gasteiger partial charge in [0.05, 0.1) is 24.6 Å². The minimum Gasteiger partial charge on any atom is -0.458 e. The molecular formula is C34H37N5O5S. The number of rotatable bonds is 10. The average Bonchev–Trinajstić information content (AvgIpc) is 3.39. The molecule has 0 radical (unpaired) electrons. The lowest BCUT2D eigenvalue weighted by atomic mass is 10.0. The first-order chi connectivity index (χ1) is 21.7. The first kappa shape index (κ1) is 30.7. The molecule has 3 aromatic carbocycles. The maximum absolute atomic E-state index is 13.5. The van der Waals surface area contributed by atoms with Gasteiger partial charge in [0.2, 0.25) is 10.0 Å². The summed E-state index contributed by atoms with van der Waals surface area (Å²) in [5, 5.41) is 5.79. The van der Waals surface area contributed by atoms with Crippen molar-refractivity contribution < 1.29 is 22.7 Å². The zero-order valence-electron chi connectivity index (χ0n) is 25.4. The Hall–Kier alpha value is -4.29. The third kappa shape index (κ3) is 6.86. The van der Waals surface area contributed by atoms with Crippen LogP contribution in [0.15, 0.2) is 72.8 Å². The monoisotopic (exact) mass is 627 g/mol. The number of pyridine rings is 1. The van der Waals surface area contributed by atoms with Gasteiger partial charge in [0, 0.05) is 30.7 Å². The SMILES string of the molecule is Cc1cccc(C)c1CS(=O)(=O)Nc1cc(Cn2c(C(=O)OCC3CNCCO3)cc3ccc(CN)nc32)c2ccccc2c1. The van der Waals surface area contributed by atoms with Gasteiger partial charge in [0.1, 0.15) is 24.1 Å². The van der Waals surface area contributed by atoms with Gasteiger partial charge in [0.25, 0.3) is 0 Å². The molecule has 10 nitrogen and oxygen atoms in total. The summed E-state index contributed by atoms with van der Waals surface area (Å²) in [5.41, 5.74) is 11.4. The number of carbonyl (C=O) groups excluding carboxylic acids is 1. The first-order valence-corrected chi connectivity index (χ1v) is 16.6. The van der Waals surface area contributed by atoms with Crippen molar-refractivity contribution in [1.29, 1.82) is 0 Å². The Bertz CT molecular complexity index is 1960. The van der Waals surface area contributed by atoms with Crippen molar-refractivity contribution in [3.63, 3.8) is 0 Å². The second-order valence-corrected chi connectivity index (χ2v) is 13.1. The highest BCUT2D eigenvalue weighted by atomic mass is 32.2. The van der Waals surface area contributed by atoms with Crippen molar-refractivity contribution in [3.8, 4) is 0 Å². The van der Waals surface area contributed by atoms with Crippen LogP contribution in [0.4, 0.5) is 5.69 Å². The van der Waals surface area contributed by atoms with Gasteiger partial charge in [-0.05, 0) is 77.2 Å². The number of nitrogens with zero attached hydrogens (tertiary/aromatic N) is 2. The molecule has 1 atom stereocenters. The molecule has 11 heteroatoms. The number of ether oxygens (including phenoxy) is 2. The van der Waals surface area contributed by atoms with Crippen LogP contribution in [0.1, 0.15) is 38.4 Å². The van der Waals surface area contributed by atoms with Crippen LogP contribution in [0, 0.1) is 13.8 Å². The van der Waals surface area contributed by atoms with E-state index in [0.717, 1.165) is 45.0 Å². The van der Waals surface area contributed by atoms with E-state index >= 15 is 0 Å². The normalized spacial score (nSPS) is 15.4. The highest BCUT2D eigenvalue weighted by molar-refractivity contribution is 7.91. The van der Waals surface area contributed by atoms with Crippen LogP contribution in [0.5, 0.6) is 0 Å². The predicted octanol–water partition coefficient (Wildman–Crippen LogP) is 4.40. The van der Waals surface area contributed by atoms with Gasteiger partial charge in [-0.15, -0.1) is 0 Å². The second-order valence-electron chi connectivity index (χ2n) is 11.4. The number of aromatic nitrogens is 2. The number of hydrogen-bond donors (Lipinski definition) is 3. The number of benzene rings is 3. The van der Waals surface area contributed by atoms with Crippen LogP contribution in [-0.2, 0) is 38.3 Å². The summed E-state index contributed by atoms with van der Waals surface area (Å²) in [4.78, 5) is 18.3. The number of nitrogens with two attached hydrogens (primary N) is 1. The van der Waals surface area contributed by atoms with Crippen molar-refractivity contribution in [1.82, 2.24) is 14.9 Å². The molecule has 2 aromatic heterocycles. The van der Waals surface area contributed by atoms with E-state index in [2.05, 4.69) is 10.0 Å². The molecule has 0 amide bonds. The lowest BCUT2D eigenvalue weighted by Crippen LogP contribution is -2.41. The highest BCUT2D eigenvalue weighted by Gasteiger charge is 2.23. The van der Waals surface area contributed by atoms with Crippen LogP contribution in [0.2, 0.25) is 0 Å². The molecule has 0 saturated carbocycles. The molecule has 45 heavy (non-hydrogen) atoms. The zero-order chi connectivity index (χ0) is 31.6. The Kier molecular flexibility index (Phi) is 8.86. The summed E-state index contributed by atoms with van der Waals surface area (Å²) in [7, 11) is -3.74. The molecule has 1 unspecified atom stereocenters. The maximum Gasteiger partial charge on any atom is 0.355 e. The molecule has 234 valence electrons. The molecular weight excluding hydrogens is 590 g/mol. The van der Waals surface area contributed by atoms with Gasteiger partial charge in [-0.2, -0.15) is 0 Å². The summed E-state index contributed by atoms with van der Waals surface area (Å²) >= 11 is 0. The Morgan fingerprint density at radius 2 is 1.87 bits per heavy atom. The van der Waals surface area contributed by atoms with E-state index in [4.69, 9.17) is 20.2 Å². The van der Waals surface area contributed by atoms with Gasteiger partial charge in [-0.1, -0.05) is 42.5 Å². The molecule has 5 aromatic rings. The van der Waals surface area contributed by atoms with Crippen LogP contribution >= 0.6 is 0 Å². The van der Waals surface area contributed by atoms with Crippen molar-refractivity contribution in [2.45, 2.75) is 38.8 Å². The summed E-state index contributed by atoms with van der Waals surface area (Å²) in [6.07, 6.45) is -0.223. The smallest absolute Gasteiger partial charge is 0.355 e. The lowest BCUT2D eigenvalue weighted by molar-refractivity contribution is -0.0218. The Morgan fingerprint density at radius 1 is 1.07 bits per heavy atom. The molecule has 1 fully saturated rings. The number of fused-ring (bicyclic) bond motifs is 2. The van der Waals surface area contributed by atoms with E-state index in [0.29, 0.717) is 35.9 Å². The fourth-order valence-electron chi connectivity index (χ4n) is 5.81. The van der Waals surface area contributed by atoms with Gasteiger partial charge < -0.3 is 25.1 Å². The fourth-order valence-corrected chi connectivity index (χ4v) is 7.20. The van der Waals surface area contributed by atoms with Crippen LogP contribution in [0.25, 0.3) is 21.8 Å². The molecule has 1 saturated heterocycles. The maximum atomic E-state index is 13.5. The van der Waals surface area contributed by atoms with Gasteiger partial charge in [0.15, 0.2) is 0 Å². The number of aryl methyl sites for hydroxylation is 2. The standard InChI is InChI=1S/C34H37N5O5S/c1-22-6-5-7-23(2)31(22)21-45(41,42)38-28-14-24-8-3-4-9-30(24)26(15-28)19-39-32(16-25-10-11-27(17-35)37-33(25)39)34(40)44-20-29-18-36-12-13-43-29/h3-11,14-16,29,36,38H,12-13,17-21,35H2,1-2H3. The molecule has 3 heterocycles. The first-order valence-electron chi connectivity index (χ1n) is 15.0. The zero-order valence-corrected chi connectivity index (χ0v) is 26.2. The Labute approximate surface area is 262 Å². The topological polar surface area (TPSA) is 138 Å². The molecule has 0 bridgehead atoms. The summed E-state index contributed by atoms with van der Waals surface area (Å²) < 4.78 is 42.9. The van der Waals surface area contributed by atoms with E-state index < -0.39 is 16.0 Å². The van der Waals surface area contributed by atoms with E-state index in [1.807, 2.05) is 85.1 Å². The predicted molar refractivity (Wildman–Crippen MR) is 176 cm³/mol. The summed E-state index contributed by atoms with van der Waals surface area (Å²) in [6, 6.07) is 22.7. The number of nitrogens with one attached hydrogen (secondary N) is 2. The number of esters is 1. The Balaban J connectivity index is 1.37. The fraction of sp³-hybridized carbons (Fsp3) is 0.294. The molecule has 4 N–H and O–H groups in total. The van der Waals surface area contributed by atoms with Gasteiger partial charge in [-0.25, -0.2) is 18.2 Å². The van der Waals surface area contributed by atoms with E-state index in [9.17, 15) is 13.2 Å². The van der Waals surface area contributed by atoms with Crippen molar-refractivity contribution in [2.24, 2.45) is 5.73 Å². The van der Waals surface area contributed by atoms with E-state index in [1.54, 1.807) is 6.07 Å². The lowest BCUT2D eigenvalue weighted by Gasteiger charge is -2.23. The van der Waals surface area contributed by atoms with E-state index in [-0.39, 0.29) is 31.6 Å². The van der Waals surface area contributed by atoms with Crippen molar-refractivity contribution in [3.05, 3.63) is 106 Å². The second kappa shape index (κ2) is 13.0. The minimum absolute atomic E-state index is 0.120. The number of anilines is 1. The molecule has 1 aliphatic rings. The number of carbonyl (C=O) groups is 1. The third-order valence-corrected chi connectivity index (χ3v) is 9.37. The summed E-state index contributed by atoms with van der Waals surface area (Å²) in [5.74, 6) is -0.635. The van der Waals surface area contributed by atoms with Crippen molar-refractivity contribution in [2.75, 3.05) is 31.0 Å². The number of hydrogen-bond acceptors (Lipinski definition) is 8. The quantitative estimate of drug-likeness (QED) is 0.194. The minimum atomic E-state index is -3.74. The number of sulfonamides is 1. The van der Waals surface area contributed by atoms with Crippen LogP contribution in [0.3, 0.4) is 0 Å². The molecule has 0 aliphatic carbocycles. The largest absolute Gasteiger partial charge is 0.458 e.